The number of benzene rings is 1. The Kier molecular flexibility index (Phi) is 2.42. The van der Waals surface area contributed by atoms with Crippen molar-refractivity contribution in [3.8, 4) is 0 Å². The lowest BCUT2D eigenvalue weighted by Crippen LogP contribution is -2.40. The van der Waals surface area contributed by atoms with Crippen molar-refractivity contribution in [2.45, 2.75) is 31.4 Å². The first kappa shape index (κ1) is 10.4. The van der Waals surface area contributed by atoms with Crippen molar-refractivity contribution in [2.24, 2.45) is 0 Å². The molecule has 2 aliphatic rings. The quantitative estimate of drug-likeness (QED) is 0.796. The van der Waals surface area contributed by atoms with Gasteiger partial charge >= 0.3 is 6.09 Å². The molecule has 1 atom stereocenters. The second-order valence-corrected chi connectivity index (χ2v) is 4.76. The van der Waals surface area contributed by atoms with E-state index in [4.69, 9.17) is 10.5 Å². The predicted molar refractivity (Wildman–Crippen MR) is 64.4 cm³/mol. The van der Waals surface area contributed by atoms with Crippen LogP contribution < -0.4 is 5.73 Å². The minimum absolute atomic E-state index is 0.138. The summed E-state index contributed by atoms with van der Waals surface area (Å²) in [5, 5.41) is 0. The topological polar surface area (TPSA) is 55.6 Å². The van der Waals surface area contributed by atoms with Gasteiger partial charge in [-0.25, -0.2) is 4.79 Å². The molecule has 1 saturated heterocycles. The first-order valence-electron chi connectivity index (χ1n) is 6.07. The van der Waals surface area contributed by atoms with E-state index in [0.29, 0.717) is 11.7 Å². The number of nitrogens with zero attached hydrogens (tertiary/aromatic N) is 1. The average Bonchev–Trinajstić information content (AvgIpc) is 3.13. The molecule has 1 aromatic carbocycles. The van der Waals surface area contributed by atoms with Crippen molar-refractivity contribution in [3.63, 3.8) is 0 Å². The van der Waals surface area contributed by atoms with Gasteiger partial charge in [-0.3, -0.25) is 0 Å². The lowest BCUT2D eigenvalue weighted by Gasteiger charge is -2.32. The number of amides is 1. The maximum Gasteiger partial charge on any atom is 0.410 e. The molecule has 4 nitrogen and oxygen atoms in total. The largest absolute Gasteiger partial charge is 0.441 e. The molecule has 3 rings (SSSR count). The van der Waals surface area contributed by atoms with E-state index in [1.165, 1.54) is 0 Å². The van der Waals surface area contributed by atoms with E-state index in [2.05, 4.69) is 0 Å². The molecule has 0 aromatic heterocycles. The van der Waals surface area contributed by atoms with E-state index in [-0.39, 0.29) is 12.2 Å². The van der Waals surface area contributed by atoms with E-state index in [1.807, 2.05) is 29.2 Å². The molecule has 2 N–H and O–H groups in total. The fourth-order valence-electron chi connectivity index (χ4n) is 2.31. The van der Waals surface area contributed by atoms with Gasteiger partial charge in [0.05, 0.1) is 0 Å². The molecule has 2 fully saturated rings. The van der Waals surface area contributed by atoms with Gasteiger partial charge in [0.2, 0.25) is 0 Å². The summed E-state index contributed by atoms with van der Waals surface area (Å²) in [7, 11) is 0. The highest BCUT2D eigenvalue weighted by Crippen LogP contribution is 2.34. The molecule has 17 heavy (non-hydrogen) atoms. The van der Waals surface area contributed by atoms with Crippen LogP contribution in [0.3, 0.4) is 0 Å². The molecule has 1 unspecified atom stereocenters. The molecule has 0 spiro atoms. The Hall–Kier alpha value is -1.71. The van der Waals surface area contributed by atoms with Crippen LogP contribution in [0, 0.1) is 0 Å². The maximum absolute atomic E-state index is 11.8. The molecule has 1 saturated carbocycles. The van der Waals surface area contributed by atoms with Crippen molar-refractivity contribution in [1.29, 1.82) is 0 Å². The normalized spacial score (nSPS) is 24.6. The van der Waals surface area contributed by atoms with Crippen LogP contribution in [0.1, 0.15) is 30.9 Å². The van der Waals surface area contributed by atoms with Crippen LogP contribution in [0.5, 0.6) is 0 Å². The minimum atomic E-state index is -0.175. The van der Waals surface area contributed by atoms with Gasteiger partial charge < -0.3 is 15.4 Å². The smallest absolute Gasteiger partial charge is 0.410 e. The molecule has 0 radical (unpaired) electrons. The number of nitrogen functional groups attached to an aromatic ring is 1. The number of hydrogen-bond acceptors (Lipinski definition) is 3. The molecule has 1 aromatic rings. The third-order valence-electron chi connectivity index (χ3n) is 3.38. The van der Waals surface area contributed by atoms with Gasteiger partial charge in [-0.05, 0) is 30.5 Å². The number of carbonyl (C=O) groups is 1. The van der Waals surface area contributed by atoms with Gasteiger partial charge in [-0.15, -0.1) is 0 Å². The molecule has 1 aliphatic heterocycles. The zero-order chi connectivity index (χ0) is 11.8. The second-order valence-electron chi connectivity index (χ2n) is 4.76. The Labute approximate surface area is 100 Å². The van der Waals surface area contributed by atoms with Crippen LogP contribution in [-0.2, 0) is 4.74 Å². The number of nitrogens with two attached hydrogens (primary N) is 1. The van der Waals surface area contributed by atoms with Gasteiger partial charge in [-0.2, -0.15) is 0 Å². The van der Waals surface area contributed by atoms with Crippen LogP contribution in [0.4, 0.5) is 10.5 Å². The monoisotopic (exact) mass is 232 g/mol. The standard InChI is InChI=1S/C13H16N2O2/c14-10-3-1-2-9(8-10)12-6-7-15(11-4-5-11)13(16)17-12/h1-3,8,11-12H,4-7,14H2. The van der Waals surface area contributed by atoms with E-state index >= 15 is 0 Å². The number of ether oxygens (including phenoxy) is 1. The van der Waals surface area contributed by atoms with Crippen LogP contribution in [0.15, 0.2) is 24.3 Å². The average molecular weight is 232 g/mol. The van der Waals surface area contributed by atoms with Crippen LogP contribution in [0.2, 0.25) is 0 Å². The fraction of sp³-hybridized carbons (Fsp3) is 0.462. The fourth-order valence-corrected chi connectivity index (χ4v) is 2.31. The van der Waals surface area contributed by atoms with Gasteiger partial charge in [-0.1, -0.05) is 12.1 Å². The second kappa shape index (κ2) is 3.95. The molecule has 1 aliphatic carbocycles. The third kappa shape index (κ3) is 2.07. The Morgan fingerprint density at radius 2 is 2.12 bits per heavy atom. The lowest BCUT2D eigenvalue weighted by atomic mass is 10.0. The minimum Gasteiger partial charge on any atom is -0.441 e. The third-order valence-corrected chi connectivity index (χ3v) is 3.38. The lowest BCUT2D eigenvalue weighted by molar-refractivity contribution is 0.0217. The van der Waals surface area contributed by atoms with Crippen molar-refractivity contribution in [1.82, 2.24) is 4.90 Å². The Morgan fingerprint density at radius 3 is 2.76 bits per heavy atom. The molecule has 1 amide bonds. The SMILES string of the molecule is Nc1cccc(C2CCN(C3CC3)C(=O)O2)c1. The summed E-state index contributed by atoms with van der Waals surface area (Å²) < 4.78 is 5.47. The molecule has 4 heteroatoms. The van der Waals surface area contributed by atoms with Crippen molar-refractivity contribution >= 4 is 11.8 Å². The van der Waals surface area contributed by atoms with E-state index < -0.39 is 0 Å². The van der Waals surface area contributed by atoms with E-state index in [1.54, 1.807) is 0 Å². The first-order valence-corrected chi connectivity index (χ1v) is 6.07. The predicted octanol–water partition coefficient (Wildman–Crippen LogP) is 2.31. The summed E-state index contributed by atoms with van der Waals surface area (Å²) in [5.74, 6) is 0. The summed E-state index contributed by atoms with van der Waals surface area (Å²) in [5.41, 5.74) is 7.44. The molecular formula is C13H16N2O2. The number of hydrogen-bond donors (Lipinski definition) is 1. The first-order chi connectivity index (χ1) is 8.24. The Bertz CT molecular complexity index is 443. The van der Waals surface area contributed by atoms with Crippen LogP contribution in [-0.4, -0.2) is 23.6 Å². The summed E-state index contributed by atoms with van der Waals surface area (Å²) in [6.45, 7) is 0.795. The van der Waals surface area contributed by atoms with Gasteiger partial charge in [0, 0.05) is 24.7 Å². The highest BCUT2D eigenvalue weighted by molar-refractivity contribution is 5.69. The highest BCUT2D eigenvalue weighted by Gasteiger charge is 2.37. The van der Waals surface area contributed by atoms with E-state index in [9.17, 15) is 4.79 Å². The summed E-state index contributed by atoms with van der Waals surface area (Å²) in [6, 6.07) is 8.01. The van der Waals surface area contributed by atoms with Gasteiger partial charge in [0.25, 0.3) is 0 Å². The number of cyclic esters (lactones) is 1. The van der Waals surface area contributed by atoms with Crippen LogP contribution >= 0.6 is 0 Å². The number of rotatable bonds is 2. The van der Waals surface area contributed by atoms with E-state index in [0.717, 1.165) is 31.4 Å². The molecule has 1 heterocycles. The Morgan fingerprint density at radius 1 is 1.29 bits per heavy atom. The van der Waals surface area contributed by atoms with Crippen LogP contribution in [0.25, 0.3) is 0 Å². The zero-order valence-corrected chi connectivity index (χ0v) is 9.63. The number of carbonyl (C=O) groups excluding carboxylic acids is 1. The van der Waals surface area contributed by atoms with Gasteiger partial charge in [0.15, 0.2) is 0 Å². The van der Waals surface area contributed by atoms with Gasteiger partial charge in [0.1, 0.15) is 6.10 Å². The van der Waals surface area contributed by atoms with Crippen molar-refractivity contribution in [2.75, 3.05) is 12.3 Å². The van der Waals surface area contributed by atoms with Crippen molar-refractivity contribution < 1.29 is 9.53 Å². The summed E-state index contributed by atoms with van der Waals surface area (Å²) >= 11 is 0. The highest BCUT2D eigenvalue weighted by atomic mass is 16.6. The zero-order valence-electron chi connectivity index (χ0n) is 9.63. The molecule has 0 bridgehead atoms. The summed E-state index contributed by atoms with van der Waals surface area (Å²) in [4.78, 5) is 13.7. The number of anilines is 1. The summed E-state index contributed by atoms with van der Waals surface area (Å²) in [6.07, 6.45) is 2.79. The molecular weight excluding hydrogens is 216 g/mol. The van der Waals surface area contributed by atoms with Crippen molar-refractivity contribution in [3.05, 3.63) is 29.8 Å². The molecule has 90 valence electrons. The Balaban J connectivity index is 1.72. The maximum atomic E-state index is 11.8.